The van der Waals surface area contributed by atoms with Gasteiger partial charge in [-0.2, -0.15) is 0 Å². The summed E-state index contributed by atoms with van der Waals surface area (Å²) in [5.74, 6) is -0.817. The Labute approximate surface area is 412 Å². The van der Waals surface area contributed by atoms with E-state index in [9.17, 15) is 39.6 Å². The second-order valence-electron chi connectivity index (χ2n) is 20.6. The van der Waals surface area contributed by atoms with E-state index in [0.29, 0.717) is 66.4 Å². The van der Waals surface area contributed by atoms with E-state index in [1.54, 1.807) is 53.6 Å². The molecule has 0 bridgehead atoms. The summed E-state index contributed by atoms with van der Waals surface area (Å²) in [4.78, 5) is 57.1. The summed E-state index contributed by atoms with van der Waals surface area (Å²) in [6.07, 6.45) is 9.77. The van der Waals surface area contributed by atoms with Crippen molar-refractivity contribution in [3.05, 3.63) is 86.1 Å². The minimum atomic E-state index is -1.59. The van der Waals surface area contributed by atoms with E-state index in [2.05, 4.69) is 24.5 Å². The van der Waals surface area contributed by atoms with Crippen LogP contribution in [0.3, 0.4) is 0 Å². The highest BCUT2D eigenvalue weighted by molar-refractivity contribution is 8.77. The van der Waals surface area contributed by atoms with E-state index >= 15 is 0 Å². The van der Waals surface area contributed by atoms with Gasteiger partial charge >= 0.3 is 11.6 Å². The fourth-order valence-corrected chi connectivity index (χ4v) is 15.2. The molecular formula is C52H70N4O11S2. The zero-order valence-electron chi connectivity index (χ0n) is 40.4. The number of aldehydes is 1. The number of nitrogens with two attached hydrogens (primary N) is 1. The second kappa shape index (κ2) is 21.3. The highest BCUT2D eigenvalue weighted by atomic mass is 33.1. The lowest BCUT2D eigenvalue weighted by atomic mass is 9.57. The molecular weight excluding hydrogens is 921 g/mol. The zero-order valence-corrected chi connectivity index (χ0v) is 42.0. The number of nitrogens with one attached hydrogen (secondary N) is 2. The molecule has 69 heavy (non-hydrogen) atoms. The fourth-order valence-electron chi connectivity index (χ4n) is 12.1. The maximum atomic E-state index is 14.7. The minimum absolute atomic E-state index is 0.0134. The van der Waals surface area contributed by atoms with E-state index in [0.717, 1.165) is 35.0 Å². The molecule has 2 aromatic rings. The normalized spacial score (nSPS) is 30.9. The van der Waals surface area contributed by atoms with Crippen LogP contribution in [0.2, 0.25) is 0 Å². The molecule has 11 atom stereocenters. The van der Waals surface area contributed by atoms with Crippen molar-refractivity contribution in [2.45, 2.75) is 120 Å². The standard InChI is InChI=1S/C52H70N4O11S2/c1-6-30(11-12-57)50(64)67-51(4)37(26-60)16-36-27-68-69-43-17-35(25-59)47(54-5)40-23-56(48(40)43)45(62)18-34-22-55-44(53)19-39(34)46(36)52(51)21-33-15-31-14-32(49(63)65-41(31)20-42(33)66-52)13-29(24-58)8-10-38(61)9-7-28(2)3/h6,14-16,19-20,25,28-29,35,37-38,40,43,46-48,54-55,57-58,60-61H,7-13,17-18,21-24,26-27,53H2,1-5H3. The molecule has 0 radical (unpaired) electrons. The lowest BCUT2D eigenvalue weighted by Gasteiger charge is -2.59. The molecule has 2 aliphatic carbocycles. The third-order valence-electron chi connectivity index (χ3n) is 15.9. The summed E-state index contributed by atoms with van der Waals surface area (Å²) in [6.45, 7) is 7.67. The first kappa shape index (κ1) is 51.3. The molecule has 1 saturated carbocycles. The predicted molar refractivity (Wildman–Crippen MR) is 267 cm³/mol. The molecule has 6 aliphatic rings. The van der Waals surface area contributed by atoms with E-state index in [1.807, 2.05) is 30.2 Å². The van der Waals surface area contributed by atoms with Gasteiger partial charge in [-0.1, -0.05) is 53.2 Å². The van der Waals surface area contributed by atoms with Gasteiger partial charge in [0, 0.05) is 96.5 Å². The Bertz CT molecular complexity index is 2470. The van der Waals surface area contributed by atoms with Crippen LogP contribution in [0.25, 0.3) is 11.0 Å². The molecule has 1 amide bonds. The molecule has 5 heterocycles. The van der Waals surface area contributed by atoms with Crippen LogP contribution in [-0.2, 0) is 32.0 Å². The van der Waals surface area contributed by atoms with E-state index < -0.39 is 47.3 Å². The Morgan fingerprint density at radius 1 is 1.14 bits per heavy atom. The molecule has 1 spiro atoms. The Morgan fingerprint density at radius 3 is 2.62 bits per heavy atom. The SMILES string of the molecule is CC=C(CCO)C(=O)OC1(C)C(CO)C=C2CSSC3CC(C=O)C(NC)C4CN(C(=O)CC5=C(C=C(N)NC5)C2C12Cc1cc5cc(CC(CO)CCC(O)CCC(C)C)c(=O)oc5cc1O2)C34. The number of fused-ring (bicyclic) bond motifs is 5. The van der Waals surface area contributed by atoms with E-state index in [1.165, 1.54) is 0 Å². The lowest BCUT2D eigenvalue weighted by molar-refractivity contribution is -0.202. The Morgan fingerprint density at radius 2 is 1.93 bits per heavy atom. The lowest BCUT2D eigenvalue weighted by Crippen LogP contribution is -2.71. The number of dihydropyridines is 1. The van der Waals surface area contributed by atoms with Crippen LogP contribution in [0.1, 0.15) is 83.8 Å². The predicted octanol–water partition coefficient (Wildman–Crippen LogP) is 4.48. The fraction of sp³-hybridized carbons (Fsp3) is 0.615. The maximum absolute atomic E-state index is 14.7. The van der Waals surface area contributed by atoms with Gasteiger partial charge in [0.1, 0.15) is 17.6 Å². The number of carbonyl (C=O) groups excluding carboxylic acids is 3. The van der Waals surface area contributed by atoms with Crippen molar-refractivity contribution in [3.63, 3.8) is 0 Å². The minimum Gasteiger partial charge on any atom is -0.481 e. The molecule has 376 valence electrons. The highest BCUT2D eigenvalue weighted by Crippen LogP contribution is 2.59. The Hall–Kier alpha value is -4.10. The molecule has 17 heteroatoms. The topological polar surface area (TPSA) is 234 Å². The number of hydrogen-bond donors (Lipinski definition) is 7. The first-order valence-corrected chi connectivity index (χ1v) is 27.0. The number of hydrogen-bond acceptors (Lipinski definition) is 16. The molecule has 1 aromatic carbocycles. The third kappa shape index (κ3) is 9.82. The molecule has 1 saturated heterocycles. The number of esters is 1. The van der Waals surface area contributed by atoms with Crippen molar-refractivity contribution < 1.29 is 48.7 Å². The van der Waals surface area contributed by atoms with Crippen molar-refractivity contribution in [2.75, 3.05) is 45.7 Å². The number of amides is 1. The number of aliphatic hydroxyl groups is 4. The van der Waals surface area contributed by atoms with Crippen LogP contribution >= 0.6 is 21.6 Å². The van der Waals surface area contributed by atoms with Crippen molar-refractivity contribution in [1.29, 1.82) is 0 Å². The van der Waals surface area contributed by atoms with Gasteiger partial charge in [-0.05, 0) is 106 Å². The summed E-state index contributed by atoms with van der Waals surface area (Å²) in [5, 5.41) is 49.7. The Kier molecular flexibility index (Phi) is 15.8. The Balaban J connectivity index is 1.23. The van der Waals surface area contributed by atoms with Crippen LogP contribution < -0.4 is 26.7 Å². The van der Waals surface area contributed by atoms with Crippen LogP contribution in [0.5, 0.6) is 5.75 Å². The quantitative estimate of drug-likeness (QED) is 0.0307. The highest BCUT2D eigenvalue weighted by Gasteiger charge is 2.67. The number of nitrogens with zero attached hydrogens (tertiary/aromatic N) is 1. The summed E-state index contributed by atoms with van der Waals surface area (Å²) < 4.78 is 20.1. The van der Waals surface area contributed by atoms with Gasteiger partial charge in [0.05, 0.1) is 36.9 Å². The molecule has 2 fully saturated rings. The van der Waals surface area contributed by atoms with Crippen molar-refractivity contribution in [2.24, 2.45) is 41.2 Å². The number of rotatable bonds is 16. The molecule has 4 aliphatic heterocycles. The summed E-state index contributed by atoms with van der Waals surface area (Å²) in [5.41, 5.74) is 7.14. The summed E-state index contributed by atoms with van der Waals surface area (Å²) in [6, 6.07) is 5.31. The van der Waals surface area contributed by atoms with Gasteiger partial charge in [-0.15, -0.1) is 0 Å². The molecule has 15 nitrogen and oxygen atoms in total. The van der Waals surface area contributed by atoms with Gasteiger partial charge in [0.15, 0.2) is 11.2 Å². The van der Waals surface area contributed by atoms with Gasteiger partial charge < -0.3 is 60.4 Å². The largest absolute Gasteiger partial charge is 0.481 e. The van der Waals surface area contributed by atoms with E-state index in [4.69, 9.17) is 19.6 Å². The molecule has 8 N–H and O–H groups in total. The van der Waals surface area contributed by atoms with Crippen molar-refractivity contribution >= 4 is 50.7 Å². The van der Waals surface area contributed by atoms with Crippen molar-refractivity contribution in [3.8, 4) is 5.75 Å². The van der Waals surface area contributed by atoms with Gasteiger partial charge in [0.2, 0.25) is 5.91 Å². The first-order chi connectivity index (χ1) is 33.1. The van der Waals surface area contributed by atoms with Crippen LogP contribution in [0.15, 0.2) is 73.8 Å². The average molecular weight is 991 g/mol. The number of carbonyl (C=O) groups is 3. The number of benzene rings is 1. The van der Waals surface area contributed by atoms with Gasteiger partial charge in [-0.3, -0.25) is 4.79 Å². The van der Waals surface area contributed by atoms with E-state index in [-0.39, 0.29) is 97.6 Å². The average Bonchev–Trinajstić information content (AvgIpc) is 3.68. The van der Waals surface area contributed by atoms with Crippen LogP contribution in [0.4, 0.5) is 0 Å². The van der Waals surface area contributed by atoms with Crippen LogP contribution in [-0.4, -0.2) is 124 Å². The smallest absolute Gasteiger partial charge is 0.339 e. The third-order valence-corrected chi connectivity index (χ3v) is 18.7. The van der Waals surface area contributed by atoms with Crippen LogP contribution in [0, 0.1) is 35.5 Å². The maximum Gasteiger partial charge on any atom is 0.339 e. The molecule has 11 unspecified atom stereocenters. The summed E-state index contributed by atoms with van der Waals surface area (Å²) >= 11 is 0. The number of ether oxygens (including phenoxy) is 2. The molecule has 1 aromatic heterocycles. The van der Waals surface area contributed by atoms with Gasteiger partial charge in [-0.25, -0.2) is 9.59 Å². The first-order valence-electron chi connectivity index (χ1n) is 24.6. The monoisotopic (exact) mass is 990 g/mol. The second-order valence-corrected chi connectivity index (χ2v) is 23.2. The molecule has 8 rings (SSSR count). The number of aliphatic hydroxyl groups excluding tert-OH is 4. The van der Waals surface area contributed by atoms with Gasteiger partial charge in [0.25, 0.3) is 0 Å². The zero-order chi connectivity index (χ0) is 49.4. The summed E-state index contributed by atoms with van der Waals surface area (Å²) in [7, 11) is 5.19. The number of allylic oxidation sites excluding steroid dienone is 2. The van der Waals surface area contributed by atoms with Crippen molar-refractivity contribution in [1.82, 2.24) is 15.5 Å².